The highest BCUT2D eigenvalue weighted by molar-refractivity contribution is 7.46. The minimum Gasteiger partial charge on any atom is -0.496 e. The third-order valence-corrected chi connectivity index (χ3v) is 5.47. The van der Waals surface area contributed by atoms with E-state index in [1.54, 1.807) is 0 Å². The number of methoxy groups -OCH3 is 1. The lowest BCUT2D eigenvalue weighted by molar-refractivity contribution is -0.147. The molecular weight excluding hydrogens is 513 g/mol. The fourth-order valence-electron chi connectivity index (χ4n) is 3.29. The van der Waals surface area contributed by atoms with Gasteiger partial charge in [-0.05, 0) is 30.3 Å². The molecule has 1 heterocycles. The van der Waals surface area contributed by atoms with Crippen LogP contribution >= 0.6 is 19.4 Å². The van der Waals surface area contributed by atoms with E-state index in [1.165, 1.54) is 19.2 Å². The summed E-state index contributed by atoms with van der Waals surface area (Å²) in [5.74, 6) is -2.91. The second-order valence-corrected chi connectivity index (χ2v) is 8.55. The summed E-state index contributed by atoms with van der Waals surface area (Å²) in [4.78, 5) is 42.6. The van der Waals surface area contributed by atoms with E-state index >= 15 is 4.39 Å². The van der Waals surface area contributed by atoms with Gasteiger partial charge in [0.15, 0.2) is 13.3 Å². The molecular formula is C19H15ClF4NO8P. The minimum atomic E-state index is -5.03. The zero-order valence-corrected chi connectivity index (χ0v) is 18.7. The Kier molecular flexibility index (Phi) is 6.98. The Hall–Kier alpha value is -2.70. The maximum Gasteiger partial charge on any atom is 0.470 e. The fraction of sp³-hybridized carbons (Fsp3) is 0.263. The number of hydrogen-bond donors (Lipinski definition) is 2. The van der Waals surface area contributed by atoms with Crippen molar-refractivity contribution in [3.05, 3.63) is 58.1 Å². The van der Waals surface area contributed by atoms with Gasteiger partial charge in [-0.2, -0.15) is 13.2 Å². The summed E-state index contributed by atoms with van der Waals surface area (Å²) in [6.07, 6.45) is -4.84. The minimum absolute atomic E-state index is 0.00792. The quantitative estimate of drug-likeness (QED) is 0.318. The molecule has 0 aliphatic carbocycles. The number of amides is 1. The van der Waals surface area contributed by atoms with Crippen LogP contribution in [0.25, 0.3) is 0 Å². The van der Waals surface area contributed by atoms with Crippen LogP contribution in [0.4, 0.5) is 23.2 Å². The monoisotopic (exact) mass is 527 g/mol. The number of esters is 1. The van der Waals surface area contributed by atoms with E-state index in [4.69, 9.17) is 26.1 Å². The molecule has 0 fully saturated rings. The summed E-state index contributed by atoms with van der Waals surface area (Å²) in [6.45, 7) is -2.31. The topological polar surface area (TPSA) is 123 Å². The van der Waals surface area contributed by atoms with Gasteiger partial charge < -0.3 is 19.3 Å². The van der Waals surface area contributed by atoms with Crippen LogP contribution < -0.4 is 9.64 Å². The Labute approximate surface area is 194 Å². The number of phosphoric ester groups is 1. The summed E-state index contributed by atoms with van der Waals surface area (Å²) in [7, 11) is -3.84. The van der Waals surface area contributed by atoms with Gasteiger partial charge in [-0.25, -0.2) is 13.8 Å². The van der Waals surface area contributed by atoms with Crippen LogP contribution in [-0.2, 0) is 35.3 Å². The van der Waals surface area contributed by atoms with Crippen LogP contribution in [-0.4, -0.2) is 42.1 Å². The van der Waals surface area contributed by atoms with Crippen molar-refractivity contribution in [3.8, 4) is 5.75 Å². The number of ether oxygens (including phenoxy) is 2. The molecule has 1 atom stereocenters. The largest absolute Gasteiger partial charge is 0.496 e. The molecule has 1 aliphatic rings. The number of rotatable bonds is 7. The van der Waals surface area contributed by atoms with E-state index < -0.39 is 67.3 Å². The van der Waals surface area contributed by atoms with Crippen molar-refractivity contribution in [1.82, 2.24) is 0 Å². The molecule has 0 saturated carbocycles. The van der Waals surface area contributed by atoms with Gasteiger partial charge in [-0.15, -0.1) is 0 Å². The van der Waals surface area contributed by atoms with E-state index in [9.17, 15) is 27.3 Å². The van der Waals surface area contributed by atoms with E-state index in [0.717, 1.165) is 12.1 Å². The van der Waals surface area contributed by atoms with E-state index in [1.807, 2.05) is 0 Å². The smallest absolute Gasteiger partial charge is 0.470 e. The van der Waals surface area contributed by atoms with E-state index in [-0.39, 0.29) is 10.8 Å². The molecule has 2 N–H and O–H groups in total. The molecule has 0 bridgehead atoms. The number of carbonyl (C=O) groups is 2. The number of fused-ring (bicyclic) bond motifs is 1. The normalized spacial score (nSPS) is 18.1. The number of alkyl halides is 4. The van der Waals surface area contributed by atoms with Crippen molar-refractivity contribution >= 4 is 37.0 Å². The van der Waals surface area contributed by atoms with Gasteiger partial charge in [0, 0.05) is 16.1 Å². The highest BCUT2D eigenvalue weighted by Gasteiger charge is 2.55. The van der Waals surface area contributed by atoms with Gasteiger partial charge in [0.1, 0.15) is 5.75 Å². The molecule has 0 spiro atoms. The van der Waals surface area contributed by atoms with Crippen LogP contribution in [0.1, 0.15) is 16.7 Å². The second-order valence-electron chi connectivity index (χ2n) is 6.88. The van der Waals surface area contributed by atoms with Crippen molar-refractivity contribution in [1.29, 1.82) is 0 Å². The van der Waals surface area contributed by atoms with Crippen LogP contribution in [0.15, 0.2) is 36.4 Å². The molecule has 9 nitrogen and oxygen atoms in total. The third kappa shape index (κ3) is 5.03. The molecule has 184 valence electrons. The lowest BCUT2D eigenvalue weighted by atomic mass is 9.88. The lowest BCUT2D eigenvalue weighted by Gasteiger charge is -2.23. The Morgan fingerprint density at radius 1 is 1.18 bits per heavy atom. The molecule has 1 aliphatic heterocycles. The predicted molar refractivity (Wildman–Crippen MR) is 108 cm³/mol. The summed E-state index contributed by atoms with van der Waals surface area (Å²) in [5.41, 5.74) is -5.71. The first-order valence-electron chi connectivity index (χ1n) is 9.11. The second kappa shape index (κ2) is 9.16. The average Bonchev–Trinajstić information content (AvgIpc) is 2.96. The Morgan fingerprint density at radius 2 is 1.85 bits per heavy atom. The number of benzene rings is 2. The van der Waals surface area contributed by atoms with Crippen molar-refractivity contribution in [2.24, 2.45) is 0 Å². The fourth-order valence-corrected chi connectivity index (χ4v) is 3.73. The molecule has 3 rings (SSSR count). The predicted octanol–water partition coefficient (Wildman–Crippen LogP) is 3.54. The first-order chi connectivity index (χ1) is 15.7. The average molecular weight is 528 g/mol. The number of carbonyl (C=O) groups excluding carboxylic acids is 2. The van der Waals surface area contributed by atoms with Crippen molar-refractivity contribution in [3.63, 3.8) is 0 Å². The van der Waals surface area contributed by atoms with Gasteiger partial charge in [-0.1, -0.05) is 17.7 Å². The van der Waals surface area contributed by atoms with Gasteiger partial charge in [0.2, 0.25) is 5.67 Å². The SMILES string of the molecule is COc1ccc(Cl)cc1C1(F)C(=O)N(COC(=O)COP(=O)(O)O)c2cc(C(F)(F)F)ccc21. The number of nitrogens with zero attached hydrogens (tertiary/aromatic N) is 1. The molecule has 15 heteroatoms. The van der Waals surface area contributed by atoms with Crippen molar-refractivity contribution in [2.75, 3.05) is 25.3 Å². The van der Waals surface area contributed by atoms with Crippen LogP contribution in [0.3, 0.4) is 0 Å². The number of halogens is 5. The molecule has 0 saturated heterocycles. The maximum absolute atomic E-state index is 16.5. The Bertz CT molecular complexity index is 1190. The zero-order chi connectivity index (χ0) is 25.5. The van der Waals surface area contributed by atoms with Gasteiger partial charge in [0.25, 0.3) is 5.91 Å². The van der Waals surface area contributed by atoms with E-state index in [0.29, 0.717) is 17.0 Å². The molecule has 34 heavy (non-hydrogen) atoms. The molecule has 0 radical (unpaired) electrons. The first kappa shape index (κ1) is 25.9. The molecule has 2 aromatic rings. The highest BCUT2D eigenvalue weighted by Crippen LogP contribution is 2.51. The van der Waals surface area contributed by atoms with Gasteiger partial charge in [0.05, 0.1) is 18.4 Å². The van der Waals surface area contributed by atoms with Crippen molar-refractivity contribution in [2.45, 2.75) is 11.8 Å². The molecule has 1 amide bonds. The standard InChI is InChI=1S/C19H15ClF4NO8P/c1-31-15-5-3-11(20)7-13(15)18(21)12-4-2-10(19(22,23)24)6-14(12)25(17(18)27)9-32-16(26)8-33-34(28,29)30/h2-7H,8-9H2,1H3,(H2,28,29,30). The maximum atomic E-state index is 16.5. The van der Waals surface area contributed by atoms with Gasteiger partial charge >= 0.3 is 20.0 Å². The van der Waals surface area contributed by atoms with Crippen LogP contribution in [0.2, 0.25) is 5.02 Å². The van der Waals surface area contributed by atoms with Crippen LogP contribution in [0.5, 0.6) is 5.75 Å². The first-order valence-corrected chi connectivity index (χ1v) is 11.0. The summed E-state index contributed by atoms with van der Waals surface area (Å²) in [6, 6.07) is 5.55. The zero-order valence-electron chi connectivity index (χ0n) is 17.0. The Balaban J connectivity index is 2.06. The molecule has 2 aromatic carbocycles. The summed E-state index contributed by atoms with van der Waals surface area (Å²) >= 11 is 5.94. The number of anilines is 1. The van der Waals surface area contributed by atoms with Crippen LogP contribution in [0, 0.1) is 0 Å². The third-order valence-electron chi connectivity index (χ3n) is 4.76. The van der Waals surface area contributed by atoms with Crippen molar-refractivity contribution < 1.29 is 55.5 Å². The molecule has 0 aromatic heterocycles. The van der Waals surface area contributed by atoms with E-state index in [2.05, 4.69) is 9.26 Å². The summed E-state index contributed by atoms with van der Waals surface area (Å²) < 4.78 is 80.8. The lowest BCUT2D eigenvalue weighted by Crippen LogP contribution is -2.40. The summed E-state index contributed by atoms with van der Waals surface area (Å²) in [5, 5.41) is 0.00792. The molecule has 1 unspecified atom stereocenters. The number of phosphoric acid groups is 1. The highest BCUT2D eigenvalue weighted by atomic mass is 35.5. The number of hydrogen-bond acceptors (Lipinski definition) is 6. The Morgan fingerprint density at radius 3 is 2.44 bits per heavy atom. The van der Waals surface area contributed by atoms with Gasteiger partial charge in [-0.3, -0.25) is 14.2 Å².